The summed E-state index contributed by atoms with van der Waals surface area (Å²) in [7, 11) is 0. The van der Waals surface area contributed by atoms with Crippen molar-refractivity contribution in [2.75, 3.05) is 13.2 Å². The number of carbonyl (C=O) groups excluding carboxylic acids is 6. The van der Waals surface area contributed by atoms with E-state index in [9.17, 15) is 54.0 Å². The van der Waals surface area contributed by atoms with E-state index in [0.717, 1.165) is 0 Å². The smallest absolute Gasteiger partial charge is 0.326 e. The second kappa shape index (κ2) is 20.3. The van der Waals surface area contributed by atoms with Crippen LogP contribution < -0.4 is 37.6 Å². The molecule has 0 aliphatic heterocycles. The Kier molecular flexibility index (Phi) is 18.6. The molecule has 0 fully saturated rings. The Balaban J connectivity index is 5.78. The van der Waals surface area contributed by atoms with Crippen molar-refractivity contribution in [2.24, 2.45) is 17.6 Å². The lowest BCUT2D eigenvalue weighted by Gasteiger charge is -2.30. The zero-order valence-electron chi connectivity index (χ0n) is 27.3. The lowest BCUT2D eigenvalue weighted by Crippen LogP contribution is -2.63. The van der Waals surface area contributed by atoms with E-state index in [1.807, 2.05) is 0 Å². The number of hydrogen-bond acceptors (Lipinski definition) is 11. The lowest BCUT2D eigenvalue weighted by atomic mass is 9.97. The van der Waals surface area contributed by atoms with Gasteiger partial charge in [0.15, 0.2) is 0 Å². The Morgan fingerprint density at radius 2 is 1.11 bits per heavy atom. The van der Waals surface area contributed by atoms with E-state index in [1.54, 1.807) is 27.7 Å². The number of nitrogens with one attached hydrogen (secondary N) is 6. The number of hydrogen-bond donors (Lipinski definition) is 11. The van der Waals surface area contributed by atoms with Crippen LogP contribution in [-0.4, -0.2) is 123 Å². The summed E-state index contributed by atoms with van der Waals surface area (Å²) in [6, 6.07) is -8.40. The number of aliphatic carboxylic acids is 1. The van der Waals surface area contributed by atoms with Gasteiger partial charge in [0.2, 0.25) is 35.4 Å². The maximum Gasteiger partial charge on any atom is 0.326 e. The molecule has 0 aliphatic rings. The zero-order valence-corrected chi connectivity index (χ0v) is 27.3. The van der Waals surface area contributed by atoms with Crippen LogP contribution in [0.4, 0.5) is 0 Å². The average Bonchev–Trinajstić information content (AvgIpc) is 2.96. The largest absolute Gasteiger partial charge is 0.480 e. The van der Waals surface area contributed by atoms with Gasteiger partial charge in [-0.15, -0.1) is 0 Å². The van der Waals surface area contributed by atoms with Crippen molar-refractivity contribution in [3.63, 3.8) is 0 Å². The fourth-order valence-corrected chi connectivity index (χ4v) is 3.97. The first-order valence-corrected chi connectivity index (χ1v) is 15.0. The molecule has 12 N–H and O–H groups in total. The molecule has 18 nitrogen and oxygen atoms in total. The first-order chi connectivity index (χ1) is 21.3. The Morgan fingerprint density at radius 3 is 1.50 bits per heavy atom. The minimum atomic E-state index is -1.70. The van der Waals surface area contributed by atoms with Crippen molar-refractivity contribution in [2.45, 2.75) is 110 Å². The highest BCUT2D eigenvalue weighted by Crippen LogP contribution is 2.10. The molecule has 18 heteroatoms. The molecule has 6 amide bonds. The Hall–Kier alpha value is -3.87. The summed E-state index contributed by atoms with van der Waals surface area (Å²) in [5.41, 5.74) is 5.41. The highest BCUT2D eigenvalue weighted by atomic mass is 16.4. The topological polar surface area (TPSA) is 299 Å². The molecule has 9 unspecified atom stereocenters. The second-order valence-electron chi connectivity index (χ2n) is 11.7. The van der Waals surface area contributed by atoms with Gasteiger partial charge < -0.3 is 58.1 Å². The number of aliphatic hydroxyl groups is 3. The van der Waals surface area contributed by atoms with Crippen LogP contribution in [0.15, 0.2) is 0 Å². The molecule has 0 spiro atoms. The maximum atomic E-state index is 13.3. The van der Waals surface area contributed by atoms with Gasteiger partial charge in [-0.25, -0.2) is 4.79 Å². The molecule has 0 heterocycles. The molecular weight excluding hydrogens is 610 g/mol. The molecule has 0 aromatic heterocycles. The number of carboxylic acids is 1. The van der Waals surface area contributed by atoms with Crippen LogP contribution in [0.25, 0.3) is 0 Å². The molecule has 46 heavy (non-hydrogen) atoms. The van der Waals surface area contributed by atoms with E-state index in [1.165, 1.54) is 20.8 Å². The third-order valence-electron chi connectivity index (χ3n) is 6.91. The van der Waals surface area contributed by atoms with Gasteiger partial charge >= 0.3 is 5.97 Å². The van der Waals surface area contributed by atoms with E-state index in [0.29, 0.717) is 6.42 Å². The van der Waals surface area contributed by atoms with Crippen LogP contribution in [0.2, 0.25) is 0 Å². The van der Waals surface area contributed by atoms with Crippen molar-refractivity contribution in [1.29, 1.82) is 0 Å². The summed E-state index contributed by atoms with van der Waals surface area (Å²) in [6.45, 7) is 9.13. The summed E-state index contributed by atoms with van der Waals surface area (Å²) in [4.78, 5) is 87.6. The maximum absolute atomic E-state index is 13.3. The van der Waals surface area contributed by atoms with Crippen molar-refractivity contribution < 1.29 is 54.0 Å². The SMILES string of the molecule is CCC(C)C(NC(=O)C(CO)NC(=O)CNC(=O)C(C)N)C(=O)NC(C(=O)NC(C(=O)NC(CC(C)C)C(=O)O)C(C)O)C(C)O. The molecule has 0 aliphatic carbocycles. The van der Waals surface area contributed by atoms with E-state index >= 15 is 0 Å². The van der Waals surface area contributed by atoms with Gasteiger partial charge in [0.25, 0.3) is 0 Å². The summed E-state index contributed by atoms with van der Waals surface area (Å²) in [5.74, 6) is -7.44. The number of carboxylic acid groups (broad SMARTS) is 1. The third-order valence-corrected chi connectivity index (χ3v) is 6.91. The summed E-state index contributed by atoms with van der Waals surface area (Å²) < 4.78 is 0. The van der Waals surface area contributed by atoms with Crippen molar-refractivity contribution in [3.8, 4) is 0 Å². The third kappa shape index (κ3) is 14.5. The Labute approximate surface area is 268 Å². The van der Waals surface area contributed by atoms with Crippen LogP contribution in [0.3, 0.4) is 0 Å². The van der Waals surface area contributed by atoms with Gasteiger partial charge in [0.05, 0.1) is 31.4 Å². The number of amides is 6. The Bertz CT molecular complexity index is 1070. The summed E-state index contributed by atoms with van der Waals surface area (Å²) in [6.07, 6.45) is -2.64. The van der Waals surface area contributed by atoms with Crippen LogP contribution in [-0.2, 0) is 33.6 Å². The summed E-state index contributed by atoms with van der Waals surface area (Å²) in [5, 5.41) is 53.3. The second-order valence-corrected chi connectivity index (χ2v) is 11.7. The Morgan fingerprint density at radius 1 is 0.652 bits per heavy atom. The van der Waals surface area contributed by atoms with E-state index in [4.69, 9.17) is 5.73 Å². The predicted molar refractivity (Wildman–Crippen MR) is 163 cm³/mol. The molecule has 0 bridgehead atoms. The normalized spacial score (nSPS) is 17.0. The average molecular weight is 662 g/mol. The van der Waals surface area contributed by atoms with Crippen LogP contribution >= 0.6 is 0 Å². The van der Waals surface area contributed by atoms with Gasteiger partial charge in [0.1, 0.15) is 30.2 Å². The fourth-order valence-electron chi connectivity index (χ4n) is 3.97. The zero-order chi connectivity index (χ0) is 35.9. The standard InChI is InChI=1S/C28H51N7O11/c1-8-13(4)20(33-24(41)18(11-36)31-19(39)10-30-23(40)14(5)29)25(42)34-22(16(7)38)27(44)35-21(15(6)37)26(43)32-17(28(45)46)9-12(2)3/h12-18,20-22,36-38H,8-11,29H2,1-7H3,(H,30,40)(H,31,39)(H,32,43)(H,33,41)(H,34,42)(H,35,44)(H,45,46). The van der Waals surface area contributed by atoms with Gasteiger partial charge in [0, 0.05) is 0 Å². The van der Waals surface area contributed by atoms with E-state index in [2.05, 4.69) is 31.9 Å². The molecule has 9 atom stereocenters. The van der Waals surface area contributed by atoms with Crippen molar-refractivity contribution in [3.05, 3.63) is 0 Å². The lowest BCUT2D eigenvalue weighted by molar-refractivity contribution is -0.143. The first-order valence-electron chi connectivity index (χ1n) is 15.0. The van der Waals surface area contributed by atoms with Gasteiger partial charge in [-0.1, -0.05) is 34.1 Å². The van der Waals surface area contributed by atoms with Gasteiger partial charge in [-0.3, -0.25) is 28.8 Å². The van der Waals surface area contributed by atoms with Gasteiger partial charge in [-0.2, -0.15) is 0 Å². The van der Waals surface area contributed by atoms with E-state index in [-0.39, 0.29) is 12.3 Å². The highest BCUT2D eigenvalue weighted by molar-refractivity contribution is 5.97. The monoisotopic (exact) mass is 661 g/mol. The minimum absolute atomic E-state index is 0.0710. The molecule has 0 saturated heterocycles. The van der Waals surface area contributed by atoms with Gasteiger partial charge in [-0.05, 0) is 39.0 Å². The minimum Gasteiger partial charge on any atom is -0.480 e. The first kappa shape index (κ1) is 42.1. The number of nitrogens with two attached hydrogens (primary N) is 1. The molecule has 0 saturated carbocycles. The highest BCUT2D eigenvalue weighted by Gasteiger charge is 2.36. The molecular formula is C28H51N7O11. The fraction of sp³-hybridized carbons (Fsp3) is 0.750. The number of carbonyl (C=O) groups is 7. The van der Waals surface area contributed by atoms with Crippen LogP contribution in [0.5, 0.6) is 0 Å². The molecule has 0 aromatic carbocycles. The molecule has 0 aromatic rings. The van der Waals surface area contributed by atoms with Crippen LogP contribution in [0.1, 0.15) is 61.3 Å². The van der Waals surface area contributed by atoms with Crippen molar-refractivity contribution in [1.82, 2.24) is 31.9 Å². The molecule has 0 rings (SSSR count). The van der Waals surface area contributed by atoms with Crippen LogP contribution in [0, 0.1) is 11.8 Å². The summed E-state index contributed by atoms with van der Waals surface area (Å²) >= 11 is 0. The number of aliphatic hydroxyl groups excluding tert-OH is 3. The quantitative estimate of drug-likeness (QED) is 0.0592. The van der Waals surface area contributed by atoms with Crippen molar-refractivity contribution >= 4 is 41.4 Å². The van der Waals surface area contributed by atoms with E-state index < -0.39 is 109 Å². The number of rotatable bonds is 20. The predicted octanol–water partition coefficient (Wildman–Crippen LogP) is -4.20. The molecule has 0 radical (unpaired) electrons. The molecule has 264 valence electrons.